The number of carboxylic acids is 1. The Balaban J connectivity index is 2.80. The molecule has 0 aliphatic heterocycles. The van der Waals surface area contributed by atoms with E-state index in [2.05, 4.69) is 0 Å². The smallest absolute Gasteiger partial charge is 0.308 e. The van der Waals surface area contributed by atoms with Gasteiger partial charge in [0.1, 0.15) is 5.75 Å². The van der Waals surface area contributed by atoms with E-state index in [9.17, 15) is 14.7 Å². The molecule has 0 spiro atoms. The van der Waals surface area contributed by atoms with Crippen LogP contribution >= 0.6 is 0 Å². The number of aliphatic carboxylic acids is 1. The number of hydrogen-bond donors (Lipinski definition) is 0. The van der Waals surface area contributed by atoms with Gasteiger partial charge in [-0.2, -0.15) is 0 Å². The van der Waals surface area contributed by atoms with Crippen LogP contribution in [0.15, 0.2) is 24.3 Å². The number of carbonyl (C=O) groups excluding carboxylic acids is 2. The van der Waals surface area contributed by atoms with Crippen LogP contribution in [0.5, 0.6) is 5.75 Å². The Hall–Kier alpha value is -1.84. The van der Waals surface area contributed by atoms with Crippen molar-refractivity contribution in [3.8, 4) is 5.75 Å². The lowest BCUT2D eigenvalue weighted by Crippen LogP contribution is -2.27. The molecule has 0 saturated heterocycles. The van der Waals surface area contributed by atoms with Crippen LogP contribution in [0, 0.1) is 0 Å². The van der Waals surface area contributed by atoms with Gasteiger partial charge in [-0.15, -0.1) is 0 Å². The van der Waals surface area contributed by atoms with Crippen molar-refractivity contribution in [2.45, 2.75) is 19.8 Å². The number of rotatable bonds is 3. The molecule has 0 amide bonds. The van der Waals surface area contributed by atoms with E-state index >= 15 is 0 Å². The average molecular weight is 207 g/mol. The minimum atomic E-state index is -1.13. The Kier molecular flexibility index (Phi) is 3.44. The fraction of sp³-hybridized carbons (Fsp3) is 0.273. The third-order valence-corrected chi connectivity index (χ3v) is 2.00. The van der Waals surface area contributed by atoms with E-state index in [4.69, 9.17) is 4.74 Å². The number of hydrogen-bond acceptors (Lipinski definition) is 4. The van der Waals surface area contributed by atoms with Crippen LogP contribution in [0.4, 0.5) is 0 Å². The van der Waals surface area contributed by atoms with Gasteiger partial charge < -0.3 is 14.6 Å². The molecular formula is C11H11O4-. The summed E-state index contributed by atoms with van der Waals surface area (Å²) < 4.78 is 4.81. The summed E-state index contributed by atoms with van der Waals surface area (Å²) in [6, 6.07) is 6.30. The molecule has 0 aromatic heterocycles. The first-order valence-electron chi connectivity index (χ1n) is 4.50. The molecule has 4 heteroatoms. The summed E-state index contributed by atoms with van der Waals surface area (Å²) in [5.74, 6) is -1.81. The van der Waals surface area contributed by atoms with Gasteiger partial charge in [0.15, 0.2) is 0 Å². The van der Waals surface area contributed by atoms with Crippen molar-refractivity contribution in [1.82, 2.24) is 0 Å². The average Bonchev–Trinajstić information content (AvgIpc) is 2.17. The lowest BCUT2D eigenvalue weighted by atomic mass is 10.0. The molecule has 4 nitrogen and oxygen atoms in total. The number of carbonyl (C=O) groups is 2. The van der Waals surface area contributed by atoms with Crippen molar-refractivity contribution < 1.29 is 19.4 Å². The Morgan fingerprint density at radius 1 is 1.27 bits per heavy atom. The van der Waals surface area contributed by atoms with Crippen LogP contribution in [0.25, 0.3) is 0 Å². The van der Waals surface area contributed by atoms with Crippen molar-refractivity contribution in [1.29, 1.82) is 0 Å². The van der Waals surface area contributed by atoms with Gasteiger partial charge in [0, 0.05) is 18.8 Å². The lowest BCUT2D eigenvalue weighted by Gasteiger charge is -2.12. The van der Waals surface area contributed by atoms with Gasteiger partial charge in [-0.05, 0) is 17.7 Å². The highest BCUT2D eigenvalue weighted by Crippen LogP contribution is 2.18. The van der Waals surface area contributed by atoms with Gasteiger partial charge in [-0.1, -0.05) is 19.1 Å². The number of ether oxygens (including phenoxy) is 1. The normalized spacial score (nSPS) is 11.9. The Morgan fingerprint density at radius 2 is 1.80 bits per heavy atom. The molecule has 80 valence electrons. The zero-order valence-corrected chi connectivity index (χ0v) is 8.52. The van der Waals surface area contributed by atoms with E-state index in [-0.39, 0.29) is 0 Å². The predicted molar refractivity (Wildman–Crippen MR) is 51.2 cm³/mol. The van der Waals surface area contributed by atoms with Crippen molar-refractivity contribution in [3.05, 3.63) is 29.8 Å². The van der Waals surface area contributed by atoms with E-state index in [0.29, 0.717) is 11.3 Å². The molecule has 0 aliphatic carbocycles. The third-order valence-electron chi connectivity index (χ3n) is 2.00. The molecule has 1 unspecified atom stereocenters. The van der Waals surface area contributed by atoms with Gasteiger partial charge in [-0.3, -0.25) is 4.79 Å². The van der Waals surface area contributed by atoms with Crippen molar-refractivity contribution in [2.75, 3.05) is 0 Å². The van der Waals surface area contributed by atoms with Crippen LogP contribution in [0.2, 0.25) is 0 Å². The molecule has 0 heterocycles. The molecule has 1 aromatic rings. The fourth-order valence-corrected chi connectivity index (χ4v) is 1.13. The van der Waals surface area contributed by atoms with E-state index in [0.717, 1.165) is 0 Å². The predicted octanol–water partition coefficient (Wildman–Crippen LogP) is 0.465. The number of benzene rings is 1. The maximum atomic E-state index is 10.6. The zero-order valence-electron chi connectivity index (χ0n) is 8.52. The zero-order chi connectivity index (χ0) is 11.4. The first-order valence-corrected chi connectivity index (χ1v) is 4.50. The largest absolute Gasteiger partial charge is 0.550 e. The molecule has 0 radical (unpaired) electrons. The fourth-order valence-electron chi connectivity index (χ4n) is 1.13. The first-order chi connectivity index (χ1) is 7.00. The second kappa shape index (κ2) is 4.59. The Morgan fingerprint density at radius 3 is 2.20 bits per heavy atom. The maximum Gasteiger partial charge on any atom is 0.308 e. The van der Waals surface area contributed by atoms with Crippen LogP contribution in [-0.4, -0.2) is 11.9 Å². The van der Waals surface area contributed by atoms with Gasteiger partial charge in [0.2, 0.25) is 0 Å². The quantitative estimate of drug-likeness (QED) is 0.533. The van der Waals surface area contributed by atoms with E-state index < -0.39 is 17.9 Å². The Labute approximate surface area is 87.5 Å². The first kappa shape index (κ1) is 11.2. The minimum absolute atomic E-state index is 0.400. The molecule has 15 heavy (non-hydrogen) atoms. The van der Waals surface area contributed by atoms with Crippen LogP contribution in [-0.2, 0) is 9.59 Å². The summed E-state index contributed by atoms with van der Waals surface area (Å²) in [5.41, 5.74) is 0.617. The van der Waals surface area contributed by atoms with Crippen LogP contribution in [0.3, 0.4) is 0 Å². The summed E-state index contributed by atoms with van der Waals surface area (Å²) in [6.07, 6.45) is 0. The number of carboxylic acid groups (broad SMARTS) is 1. The SMILES string of the molecule is CC(=O)Oc1ccc(C(C)C(=O)[O-])cc1. The minimum Gasteiger partial charge on any atom is -0.550 e. The van der Waals surface area contributed by atoms with Gasteiger partial charge >= 0.3 is 5.97 Å². The molecule has 1 aromatic carbocycles. The third kappa shape index (κ3) is 3.09. The highest BCUT2D eigenvalue weighted by atomic mass is 16.5. The maximum absolute atomic E-state index is 10.6. The van der Waals surface area contributed by atoms with Gasteiger partial charge in [-0.25, -0.2) is 0 Å². The molecule has 0 fully saturated rings. The molecule has 0 saturated carbocycles. The van der Waals surface area contributed by atoms with Gasteiger partial charge in [0.25, 0.3) is 0 Å². The number of esters is 1. The molecule has 0 N–H and O–H groups in total. The van der Waals surface area contributed by atoms with Crippen LogP contribution in [0.1, 0.15) is 25.3 Å². The second-order valence-corrected chi connectivity index (χ2v) is 3.20. The van der Waals surface area contributed by atoms with E-state index in [1.54, 1.807) is 24.3 Å². The van der Waals surface area contributed by atoms with Crippen molar-refractivity contribution >= 4 is 11.9 Å². The summed E-state index contributed by atoms with van der Waals surface area (Å²) in [6.45, 7) is 2.84. The monoisotopic (exact) mass is 207 g/mol. The topological polar surface area (TPSA) is 66.4 Å². The van der Waals surface area contributed by atoms with E-state index in [1.165, 1.54) is 13.8 Å². The van der Waals surface area contributed by atoms with Crippen molar-refractivity contribution in [2.24, 2.45) is 0 Å². The molecule has 0 bridgehead atoms. The summed E-state index contributed by atoms with van der Waals surface area (Å²) in [5, 5.41) is 10.6. The molecule has 1 rings (SSSR count). The van der Waals surface area contributed by atoms with Crippen LogP contribution < -0.4 is 9.84 Å². The van der Waals surface area contributed by atoms with E-state index in [1.807, 2.05) is 0 Å². The lowest BCUT2D eigenvalue weighted by molar-refractivity contribution is -0.307. The highest BCUT2D eigenvalue weighted by molar-refractivity contribution is 5.73. The Bertz CT molecular complexity index is 367. The second-order valence-electron chi connectivity index (χ2n) is 3.20. The molecule has 1 atom stereocenters. The molecular weight excluding hydrogens is 196 g/mol. The van der Waals surface area contributed by atoms with Gasteiger partial charge in [0.05, 0.1) is 0 Å². The standard InChI is InChI=1S/C11H12O4/c1-7(11(13)14)9-3-5-10(6-4-9)15-8(2)12/h3-7H,1-2H3,(H,13,14)/p-1. The summed E-state index contributed by atoms with van der Waals surface area (Å²) in [7, 11) is 0. The molecule has 0 aliphatic rings. The summed E-state index contributed by atoms with van der Waals surface area (Å²) >= 11 is 0. The van der Waals surface area contributed by atoms with Crippen molar-refractivity contribution in [3.63, 3.8) is 0 Å². The summed E-state index contributed by atoms with van der Waals surface area (Å²) in [4.78, 5) is 21.2. The highest BCUT2D eigenvalue weighted by Gasteiger charge is 2.06.